The number of imidazole rings is 1. The lowest BCUT2D eigenvalue weighted by molar-refractivity contribution is 0.415. The normalized spacial score (nSPS) is 10.7. The van der Waals surface area contributed by atoms with Crippen molar-refractivity contribution in [2.75, 3.05) is 14.2 Å². The number of hydrogen-bond acceptors (Lipinski definition) is 3. The van der Waals surface area contributed by atoms with Crippen LogP contribution in [0.2, 0.25) is 0 Å². The lowest BCUT2D eigenvalue weighted by Gasteiger charge is -2.06. The van der Waals surface area contributed by atoms with Gasteiger partial charge in [-0.25, -0.2) is 0 Å². The summed E-state index contributed by atoms with van der Waals surface area (Å²) in [6.45, 7) is 0. The maximum atomic E-state index is 5.41. The second kappa shape index (κ2) is 5.02. The van der Waals surface area contributed by atoms with E-state index < -0.39 is 0 Å². The first-order valence-corrected chi connectivity index (χ1v) is 6.57. The third kappa shape index (κ3) is 2.06. The molecule has 0 aliphatic rings. The number of rotatable bonds is 3. The van der Waals surface area contributed by atoms with Crippen molar-refractivity contribution in [2.24, 2.45) is 0 Å². The summed E-state index contributed by atoms with van der Waals surface area (Å²) in [7, 11) is 3.30. The highest BCUT2D eigenvalue weighted by atomic mass is 32.1. The van der Waals surface area contributed by atoms with E-state index in [1.54, 1.807) is 14.2 Å². The van der Waals surface area contributed by atoms with Crippen LogP contribution in [0.4, 0.5) is 0 Å². The molecule has 0 saturated heterocycles. The Morgan fingerprint density at radius 3 is 2.25 bits per heavy atom. The predicted molar refractivity (Wildman–Crippen MR) is 81.6 cm³/mol. The third-order valence-corrected chi connectivity index (χ3v) is 3.50. The van der Waals surface area contributed by atoms with Crippen LogP contribution in [0.1, 0.15) is 0 Å². The highest BCUT2D eigenvalue weighted by molar-refractivity contribution is 7.71. The molecule has 2 aromatic carbocycles. The molecule has 3 aromatic rings. The van der Waals surface area contributed by atoms with Crippen LogP contribution in [0.5, 0.6) is 11.5 Å². The van der Waals surface area contributed by atoms with Crippen molar-refractivity contribution >= 4 is 23.3 Å². The molecule has 0 unspecified atom stereocenters. The number of nitrogens with one attached hydrogen (secondary N) is 1. The van der Waals surface area contributed by atoms with Gasteiger partial charge in [-0.1, -0.05) is 0 Å². The van der Waals surface area contributed by atoms with Gasteiger partial charge in [0.1, 0.15) is 11.5 Å². The number of methoxy groups -OCH3 is 2. The predicted octanol–water partition coefficient (Wildman–Crippen LogP) is 3.71. The highest BCUT2D eigenvalue weighted by Gasteiger charge is 2.07. The second-order valence-electron chi connectivity index (χ2n) is 4.35. The van der Waals surface area contributed by atoms with Crippen molar-refractivity contribution in [3.05, 3.63) is 47.2 Å². The van der Waals surface area contributed by atoms with Crippen molar-refractivity contribution in [3.63, 3.8) is 0 Å². The van der Waals surface area contributed by atoms with Crippen LogP contribution in [0.25, 0.3) is 16.7 Å². The minimum Gasteiger partial charge on any atom is -0.497 e. The van der Waals surface area contributed by atoms with Crippen LogP contribution in [-0.2, 0) is 0 Å². The van der Waals surface area contributed by atoms with Crippen LogP contribution in [0.15, 0.2) is 42.5 Å². The Bertz CT molecular complexity index is 803. The lowest BCUT2D eigenvalue weighted by Crippen LogP contribution is -1.94. The summed E-state index contributed by atoms with van der Waals surface area (Å²) in [5.74, 6) is 1.62. The smallest absolute Gasteiger partial charge is 0.182 e. The quantitative estimate of drug-likeness (QED) is 0.746. The van der Waals surface area contributed by atoms with Crippen LogP contribution >= 0.6 is 12.2 Å². The van der Waals surface area contributed by atoms with Gasteiger partial charge >= 0.3 is 0 Å². The first-order chi connectivity index (χ1) is 9.72. The van der Waals surface area contributed by atoms with Gasteiger partial charge in [0.25, 0.3) is 0 Å². The lowest BCUT2D eigenvalue weighted by atomic mass is 10.2. The molecule has 102 valence electrons. The van der Waals surface area contributed by atoms with Gasteiger partial charge in [0.15, 0.2) is 4.77 Å². The van der Waals surface area contributed by atoms with Gasteiger partial charge in [-0.2, -0.15) is 0 Å². The van der Waals surface area contributed by atoms with Crippen LogP contribution in [-0.4, -0.2) is 23.8 Å². The first kappa shape index (κ1) is 12.7. The standard InChI is InChI=1S/C15H14N2O2S/c1-18-11-5-3-10(4-6-11)17-14-8-7-12(19-2)9-13(14)16-15(17)20/h3-9H,1-2H3,(H,16,20). The SMILES string of the molecule is COc1ccc(-n2c(=S)[nH]c3cc(OC)ccc32)cc1. The number of nitrogens with zero attached hydrogens (tertiary/aromatic N) is 1. The van der Waals surface area contributed by atoms with E-state index in [4.69, 9.17) is 21.7 Å². The summed E-state index contributed by atoms with van der Waals surface area (Å²) >= 11 is 5.41. The number of aromatic nitrogens is 2. The van der Waals surface area contributed by atoms with Crippen molar-refractivity contribution in [3.8, 4) is 17.2 Å². The number of benzene rings is 2. The van der Waals surface area contributed by atoms with Gasteiger partial charge in [0.05, 0.1) is 25.3 Å². The molecule has 1 N–H and O–H groups in total. The molecule has 0 radical (unpaired) electrons. The minimum absolute atomic E-state index is 0.651. The summed E-state index contributed by atoms with van der Waals surface area (Å²) in [4.78, 5) is 3.20. The van der Waals surface area contributed by atoms with E-state index in [1.807, 2.05) is 47.0 Å². The van der Waals surface area contributed by atoms with Gasteiger partial charge in [-0.15, -0.1) is 0 Å². The van der Waals surface area contributed by atoms with E-state index in [0.29, 0.717) is 4.77 Å². The minimum atomic E-state index is 0.651. The van der Waals surface area contributed by atoms with Gasteiger partial charge < -0.3 is 14.5 Å². The summed E-state index contributed by atoms with van der Waals surface area (Å²) in [6, 6.07) is 13.6. The van der Waals surface area contributed by atoms with Gasteiger partial charge in [-0.05, 0) is 48.6 Å². The molecule has 0 amide bonds. The molecule has 1 aromatic heterocycles. The van der Waals surface area contributed by atoms with E-state index in [9.17, 15) is 0 Å². The Labute approximate surface area is 121 Å². The molecule has 0 fully saturated rings. The summed E-state index contributed by atoms with van der Waals surface area (Å²) < 4.78 is 13.0. The topological polar surface area (TPSA) is 39.2 Å². The van der Waals surface area contributed by atoms with Crippen LogP contribution < -0.4 is 9.47 Å². The maximum absolute atomic E-state index is 5.41. The molecule has 0 bridgehead atoms. The molecule has 4 nitrogen and oxygen atoms in total. The largest absolute Gasteiger partial charge is 0.497 e. The number of aromatic amines is 1. The molecule has 5 heteroatoms. The van der Waals surface area contributed by atoms with Crippen LogP contribution in [0.3, 0.4) is 0 Å². The summed E-state index contributed by atoms with van der Waals surface area (Å²) in [6.07, 6.45) is 0. The molecule has 0 atom stereocenters. The zero-order chi connectivity index (χ0) is 14.1. The molecule has 0 spiro atoms. The Hall–Kier alpha value is -2.27. The maximum Gasteiger partial charge on any atom is 0.182 e. The fraction of sp³-hybridized carbons (Fsp3) is 0.133. The summed E-state index contributed by atoms with van der Waals surface area (Å²) in [5.41, 5.74) is 2.96. The monoisotopic (exact) mass is 286 g/mol. The fourth-order valence-electron chi connectivity index (χ4n) is 2.21. The second-order valence-corrected chi connectivity index (χ2v) is 4.73. The molecule has 0 aliphatic carbocycles. The highest BCUT2D eigenvalue weighted by Crippen LogP contribution is 2.24. The van der Waals surface area contributed by atoms with E-state index in [-0.39, 0.29) is 0 Å². The number of fused-ring (bicyclic) bond motifs is 1. The zero-order valence-electron chi connectivity index (χ0n) is 11.2. The Morgan fingerprint density at radius 2 is 1.60 bits per heavy atom. The van der Waals surface area contributed by atoms with Crippen LogP contribution in [0, 0.1) is 4.77 Å². The van der Waals surface area contributed by atoms with E-state index in [1.165, 1.54) is 0 Å². The number of H-pyrrole nitrogens is 1. The third-order valence-electron chi connectivity index (χ3n) is 3.22. The molecular weight excluding hydrogens is 272 g/mol. The Morgan fingerprint density at radius 1 is 0.950 bits per heavy atom. The van der Waals surface area contributed by atoms with Gasteiger partial charge in [0, 0.05) is 11.8 Å². The van der Waals surface area contributed by atoms with E-state index >= 15 is 0 Å². The zero-order valence-corrected chi connectivity index (χ0v) is 12.0. The van der Waals surface area contributed by atoms with Crippen molar-refractivity contribution < 1.29 is 9.47 Å². The summed E-state index contributed by atoms with van der Waals surface area (Å²) in [5, 5.41) is 0. The average molecular weight is 286 g/mol. The van der Waals surface area contributed by atoms with Crippen molar-refractivity contribution in [1.29, 1.82) is 0 Å². The molecule has 0 saturated carbocycles. The van der Waals surface area contributed by atoms with Gasteiger partial charge in [-0.3, -0.25) is 4.57 Å². The molecule has 3 rings (SSSR count). The average Bonchev–Trinajstić information content (AvgIpc) is 2.82. The molecule has 20 heavy (non-hydrogen) atoms. The molecule has 0 aliphatic heterocycles. The van der Waals surface area contributed by atoms with Crippen molar-refractivity contribution in [2.45, 2.75) is 0 Å². The number of hydrogen-bond donors (Lipinski definition) is 1. The van der Waals surface area contributed by atoms with E-state index in [2.05, 4.69) is 4.98 Å². The Kier molecular flexibility index (Phi) is 3.20. The van der Waals surface area contributed by atoms with E-state index in [0.717, 1.165) is 28.2 Å². The molecular formula is C15H14N2O2S. The fourth-order valence-corrected chi connectivity index (χ4v) is 2.52. The van der Waals surface area contributed by atoms with Crippen molar-refractivity contribution in [1.82, 2.24) is 9.55 Å². The number of ether oxygens (including phenoxy) is 2. The van der Waals surface area contributed by atoms with Gasteiger partial charge in [0.2, 0.25) is 0 Å². The Balaban J connectivity index is 2.19. The first-order valence-electron chi connectivity index (χ1n) is 6.16. The molecule has 1 heterocycles.